The lowest BCUT2D eigenvalue weighted by Crippen LogP contribution is -2.40. The third-order valence-electron chi connectivity index (χ3n) is 5.02. The number of benzene rings is 1. The number of likely N-dealkylation sites (N-methyl/N-ethyl adjacent to an activating group) is 1. The highest BCUT2D eigenvalue weighted by Gasteiger charge is 2.31. The first-order valence-electron chi connectivity index (χ1n) is 9.01. The molecule has 28 heavy (non-hydrogen) atoms. The van der Waals surface area contributed by atoms with Gasteiger partial charge in [0.1, 0.15) is 5.69 Å². The molecule has 6 nitrogen and oxygen atoms in total. The average molecular weight is 405 g/mol. The summed E-state index contributed by atoms with van der Waals surface area (Å²) in [7, 11) is 3.30. The molecule has 0 saturated carbocycles. The predicted octanol–water partition coefficient (Wildman–Crippen LogP) is 3.82. The maximum Gasteiger partial charge on any atom is 0.355 e. The van der Waals surface area contributed by atoms with Gasteiger partial charge in [0.2, 0.25) is 0 Å². The SMILES string of the molecule is CCOC(=O)c1c(C)c(C(=O)[C@@H](C)N(C)C(=O)c2ccc(Cl)cc2)c(C)n1C. The lowest BCUT2D eigenvalue weighted by molar-refractivity contribution is 0.0514. The van der Waals surface area contributed by atoms with Gasteiger partial charge in [0.15, 0.2) is 5.78 Å². The minimum Gasteiger partial charge on any atom is -0.461 e. The third kappa shape index (κ3) is 3.97. The summed E-state index contributed by atoms with van der Waals surface area (Å²) in [5.41, 5.74) is 2.45. The number of halogens is 1. The Bertz CT molecular complexity index is 915. The molecule has 0 fully saturated rings. The quantitative estimate of drug-likeness (QED) is 0.542. The lowest BCUT2D eigenvalue weighted by atomic mass is 9.99. The molecule has 1 atom stereocenters. The molecule has 0 spiro atoms. The molecule has 0 unspecified atom stereocenters. The van der Waals surface area contributed by atoms with E-state index in [9.17, 15) is 14.4 Å². The van der Waals surface area contributed by atoms with Crippen molar-refractivity contribution in [3.63, 3.8) is 0 Å². The minimum absolute atomic E-state index is 0.231. The molecule has 0 bridgehead atoms. The van der Waals surface area contributed by atoms with E-state index in [1.807, 2.05) is 0 Å². The van der Waals surface area contributed by atoms with Crippen LogP contribution in [0.3, 0.4) is 0 Å². The van der Waals surface area contributed by atoms with Crippen LogP contribution < -0.4 is 0 Å². The van der Waals surface area contributed by atoms with Gasteiger partial charge in [-0.2, -0.15) is 0 Å². The Morgan fingerprint density at radius 1 is 1.18 bits per heavy atom. The number of nitrogens with zero attached hydrogens (tertiary/aromatic N) is 2. The Morgan fingerprint density at radius 2 is 1.75 bits per heavy atom. The van der Waals surface area contributed by atoms with Gasteiger partial charge in [-0.1, -0.05) is 11.6 Å². The summed E-state index contributed by atoms with van der Waals surface area (Å²) in [5.74, 6) is -0.983. The molecule has 2 rings (SSSR count). The van der Waals surface area contributed by atoms with Crippen molar-refractivity contribution in [3.8, 4) is 0 Å². The molecule has 1 aromatic heterocycles. The summed E-state index contributed by atoms with van der Waals surface area (Å²) in [6, 6.07) is 5.79. The van der Waals surface area contributed by atoms with Crippen molar-refractivity contribution >= 4 is 29.3 Å². The van der Waals surface area contributed by atoms with Crippen molar-refractivity contribution in [2.24, 2.45) is 7.05 Å². The number of amides is 1. The number of carbonyl (C=O) groups excluding carboxylic acids is 3. The Morgan fingerprint density at radius 3 is 2.29 bits per heavy atom. The van der Waals surface area contributed by atoms with Gasteiger partial charge in [0, 0.05) is 35.9 Å². The summed E-state index contributed by atoms with van der Waals surface area (Å²) in [4.78, 5) is 39.6. The molecule has 0 aliphatic carbocycles. The zero-order chi connectivity index (χ0) is 21.2. The van der Waals surface area contributed by atoms with Gasteiger partial charge in [-0.05, 0) is 57.5 Å². The monoisotopic (exact) mass is 404 g/mol. The number of Topliss-reactive ketones (excluding diaryl/α,β-unsaturated/α-hetero) is 1. The van der Waals surface area contributed by atoms with Crippen LogP contribution in [0.15, 0.2) is 24.3 Å². The number of aromatic nitrogens is 1. The number of carbonyl (C=O) groups is 3. The summed E-state index contributed by atoms with van der Waals surface area (Å²) in [6.07, 6.45) is 0. The first-order chi connectivity index (χ1) is 13.1. The van der Waals surface area contributed by atoms with Crippen molar-refractivity contribution in [1.29, 1.82) is 0 Å². The fourth-order valence-corrected chi connectivity index (χ4v) is 3.31. The molecule has 2 aromatic rings. The Labute approximate surface area is 170 Å². The van der Waals surface area contributed by atoms with E-state index >= 15 is 0 Å². The fourth-order valence-electron chi connectivity index (χ4n) is 3.19. The topological polar surface area (TPSA) is 68.6 Å². The lowest BCUT2D eigenvalue weighted by Gasteiger charge is -2.24. The second kappa shape index (κ2) is 8.61. The standard InChI is InChI=1S/C21H25ClN2O4/c1-7-28-21(27)18-12(2)17(13(3)23(18)5)19(25)14(4)24(6)20(26)15-8-10-16(22)11-9-15/h8-11,14H,7H2,1-6H3/t14-/m1/s1. The molecular weight excluding hydrogens is 380 g/mol. The maximum atomic E-state index is 13.2. The largest absolute Gasteiger partial charge is 0.461 e. The molecule has 7 heteroatoms. The maximum absolute atomic E-state index is 13.2. The van der Waals surface area contributed by atoms with Crippen molar-refractivity contribution in [1.82, 2.24) is 9.47 Å². The van der Waals surface area contributed by atoms with E-state index in [0.29, 0.717) is 33.1 Å². The molecule has 0 saturated heterocycles. The van der Waals surface area contributed by atoms with E-state index in [1.165, 1.54) is 4.90 Å². The molecule has 0 radical (unpaired) electrons. The Hall–Kier alpha value is -2.60. The second-order valence-electron chi connectivity index (χ2n) is 6.68. The zero-order valence-electron chi connectivity index (χ0n) is 17.0. The second-order valence-corrected chi connectivity index (χ2v) is 7.11. The van der Waals surface area contributed by atoms with Gasteiger partial charge >= 0.3 is 5.97 Å². The van der Waals surface area contributed by atoms with E-state index < -0.39 is 12.0 Å². The molecule has 1 aromatic carbocycles. The van der Waals surface area contributed by atoms with Crippen LogP contribution in [0.4, 0.5) is 0 Å². The van der Waals surface area contributed by atoms with Gasteiger partial charge in [-0.15, -0.1) is 0 Å². The van der Waals surface area contributed by atoms with E-state index in [1.54, 1.807) is 70.6 Å². The number of rotatable bonds is 6. The first kappa shape index (κ1) is 21.7. The minimum atomic E-state index is -0.710. The number of ether oxygens (including phenoxy) is 1. The number of ketones is 1. The number of hydrogen-bond donors (Lipinski definition) is 0. The number of hydrogen-bond acceptors (Lipinski definition) is 4. The highest BCUT2D eigenvalue weighted by molar-refractivity contribution is 6.30. The Balaban J connectivity index is 2.34. The molecule has 150 valence electrons. The highest BCUT2D eigenvalue weighted by atomic mass is 35.5. The first-order valence-corrected chi connectivity index (χ1v) is 9.39. The van der Waals surface area contributed by atoms with Gasteiger partial charge in [0.25, 0.3) is 5.91 Å². The summed E-state index contributed by atoms with van der Waals surface area (Å²) >= 11 is 5.87. The van der Waals surface area contributed by atoms with Gasteiger partial charge in [0.05, 0.1) is 12.6 Å². The molecular formula is C21H25ClN2O4. The normalized spacial score (nSPS) is 11.8. The smallest absolute Gasteiger partial charge is 0.355 e. The van der Waals surface area contributed by atoms with Crippen molar-refractivity contribution < 1.29 is 19.1 Å². The molecule has 1 amide bonds. The van der Waals surface area contributed by atoms with Gasteiger partial charge in [-0.3, -0.25) is 9.59 Å². The average Bonchev–Trinajstić information content (AvgIpc) is 2.89. The third-order valence-corrected chi connectivity index (χ3v) is 5.27. The highest BCUT2D eigenvalue weighted by Crippen LogP contribution is 2.25. The summed E-state index contributed by atoms with van der Waals surface area (Å²) < 4.78 is 6.77. The summed E-state index contributed by atoms with van der Waals surface area (Å²) in [6.45, 7) is 7.15. The van der Waals surface area contributed by atoms with Gasteiger partial charge in [-0.25, -0.2) is 4.79 Å². The van der Waals surface area contributed by atoms with Crippen LogP contribution >= 0.6 is 11.6 Å². The predicted molar refractivity (Wildman–Crippen MR) is 108 cm³/mol. The van der Waals surface area contributed by atoms with Crippen molar-refractivity contribution in [3.05, 3.63) is 57.4 Å². The zero-order valence-corrected chi connectivity index (χ0v) is 17.8. The van der Waals surface area contributed by atoms with Crippen LogP contribution in [0, 0.1) is 13.8 Å². The van der Waals surface area contributed by atoms with E-state index in [-0.39, 0.29) is 18.3 Å². The number of esters is 1. The van der Waals surface area contributed by atoms with E-state index in [2.05, 4.69) is 0 Å². The van der Waals surface area contributed by atoms with E-state index in [0.717, 1.165) is 0 Å². The molecule has 0 aliphatic heterocycles. The van der Waals surface area contributed by atoms with Crippen LogP contribution in [0.1, 0.15) is 56.3 Å². The van der Waals surface area contributed by atoms with Crippen LogP contribution in [-0.4, -0.2) is 46.8 Å². The molecule has 1 heterocycles. The van der Waals surface area contributed by atoms with Crippen LogP contribution in [-0.2, 0) is 11.8 Å². The molecule has 0 aliphatic rings. The fraction of sp³-hybridized carbons (Fsp3) is 0.381. The van der Waals surface area contributed by atoms with E-state index in [4.69, 9.17) is 16.3 Å². The van der Waals surface area contributed by atoms with Gasteiger partial charge < -0.3 is 14.2 Å². The Kier molecular flexibility index (Phi) is 6.67. The van der Waals surface area contributed by atoms with Crippen LogP contribution in [0.5, 0.6) is 0 Å². The summed E-state index contributed by atoms with van der Waals surface area (Å²) in [5, 5.41) is 0.533. The van der Waals surface area contributed by atoms with Crippen LogP contribution in [0.2, 0.25) is 5.02 Å². The van der Waals surface area contributed by atoms with Crippen molar-refractivity contribution in [2.45, 2.75) is 33.7 Å². The van der Waals surface area contributed by atoms with Crippen LogP contribution in [0.25, 0.3) is 0 Å². The molecule has 0 N–H and O–H groups in total. The van der Waals surface area contributed by atoms with Crippen molar-refractivity contribution in [2.75, 3.05) is 13.7 Å².